The molecule has 0 bridgehead atoms. The Morgan fingerprint density at radius 2 is 1.97 bits per heavy atom. The molecule has 0 spiro atoms. The van der Waals surface area contributed by atoms with Gasteiger partial charge in [0.05, 0.1) is 23.7 Å². The van der Waals surface area contributed by atoms with Crippen molar-refractivity contribution in [3.8, 4) is 0 Å². The van der Waals surface area contributed by atoms with Crippen LogP contribution in [-0.2, 0) is 28.8 Å². The molecule has 0 aliphatic carbocycles. The van der Waals surface area contributed by atoms with E-state index in [1.54, 1.807) is 6.07 Å². The van der Waals surface area contributed by atoms with E-state index in [9.17, 15) is 28.1 Å². The maximum absolute atomic E-state index is 13.6. The average molecular weight is 441 g/mol. The summed E-state index contributed by atoms with van der Waals surface area (Å²) in [5, 5.41) is 17.5. The van der Waals surface area contributed by atoms with Crippen molar-refractivity contribution in [1.82, 2.24) is 15.1 Å². The van der Waals surface area contributed by atoms with E-state index in [0.29, 0.717) is 32.0 Å². The molecule has 2 aromatic rings. The monoisotopic (exact) mass is 441 g/mol. The molecule has 0 atom stereocenters. The van der Waals surface area contributed by atoms with Crippen LogP contribution in [0, 0.1) is 24.0 Å². The van der Waals surface area contributed by atoms with Crippen LogP contribution in [0.15, 0.2) is 18.2 Å². The maximum Gasteiger partial charge on any atom is 0.416 e. The number of hydrogen-bond acceptors (Lipinski definition) is 6. The molecule has 9 nitrogen and oxygen atoms in total. The third-order valence-electron chi connectivity index (χ3n) is 5.07. The van der Waals surface area contributed by atoms with Crippen molar-refractivity contribution in [3.05, 3.63) is 50.8 Å². The van der Waals surface area contributed by atoms with Gasteiger partial charge in [-0.3, -0.25) is 19.6 Å². The first-order chi connectivity index (χ1) is 14.6. The predicted octanol–water partition coefficient (Wildman–Crippen LogP) is 2.58. The molecule has 12 heteroatoms. The van der Waals surface area contributed by atoms with Crippen molar-refractivity contribution >= 4 is 17.3 Å². The standard InChI is InChI=1S/C19H22F3N5O4/c1-12-18(27(29)30)13(2)26(24-12)11-17(28)23-10-14-3-4-15(9-16(14)19(20,21)22)25-5-7-31-8-6-25/h3-4,9H,5-8,10-11H2,1-2H3,(H,23,28). The van der Waals surface area contributed by atoms with Gasteiger partial charge in [0.25, 0.3) is 0 Å². The molecule has 3 rings (SSSR count). The summed E-state index contributed by atoms with van der Waals surface area (Å²) in [7, 11) is 0. The highest BCUT2D eigenvalue weighted by atomic mass is 19.4. The van der Waals surface area contributed by atoms with Crippen molar-refractivity contribution in [1.29, 1.82) is 0 Å². The molecule has 0 unspecified atom stereocenters. The van der Waals surface area contributed by atoms with Crippen LogP contribution in [-0.4, -0.2) is 46.9 Å². The Bertz CT molecular complexity index is 984. The van der Waals surface area contributed by atoms with E-state index in [1.165, 1.54) is 19.9 Å². The summed E-state index contributed by atoms with van der Waals surface area (Å²) in [6.07, 6.45) is -4.58. The van der Waals surface area contributed by atoms with Crippen molar-refractivity contribution < 1.29 is 27.6 Å². The number of benzene rings is 1. The Kier molecular flexibility index (Phi) is 6.48. The van der Waals surface area contributed by atoms with Crippen molar-refractivity contribution in [2.24, 2.45) is 0 Å². The van der Waals surface area contributed by atoms with Crippen molar-refractivity contribution in [2.75, 3.05) is 31.2 Å². The van der Waals surface area contributed by atoms with E-state index >= 15 is 0 Å². The molecule has 31 heavy (non-hydrogen) atoms. The minimum atomic E-state index is -4.58. The van der Waals surface area contributed by atoms with Crippen LogP contribution in [0.25, 0.3) is 0 Å². The highest BCUT2D eigenvalue weighted by molar-refractivity contribution is 5.76. The van der Waals surface area contributed by atoms with Gasteiger partial charge in [0.1, 0.15) is 17.9 Å². The zero-order chi connectivity index (χ0) is 22.8. The number of anilines is 1. The van der Waals surface area contributed by atoms with Gasteiger partial charge >= 0.3 is 11.9 Å². The van der Waals surface area contributed by atoms with Gasteiger partial charge in [0, 0.05) is 25.3 Å². The molecule has 0 radical (unpaired) electrons. The van der Waals surface area contributed by atoms with Crippen LogP contribution in [0.2, 0.25) is 0 Å². The number of alkyl halides is 3. The zero-order valence-electron chi connectivity index (χ0n) is 17.0. The van der Waals surface area contributed by atoms with Crippen LogP contribution in [0.4, 0.5) is 24.5 Å². The molecule has 168 valence electrons. The predicted molar refractivity (Wildman–Crippen MR) is 105 cm³/mol. The maximum atomic E-state index is 13.6. The van der Waals surface area contributed by atoms with Gasteiger partial charge < -0.3 is 15.0 Å². The van der Waals surface area contributed by atoms with Gasteiger partial charge in [0.2, 0.25) is 5.91 Å². The number of aryl methyl sites for hydroxylation is 1. The molecule has 1 aromatic heterocycles. The molecular weight excluding hydrogens is 419 g/mol. The van der Waals surface area contributed by atoms with E-state index in [4.69, 9.17) is 4.74 Å². The number of nitro groups is 1. The molecule has 1 aliphatic rings. The first-order valence-electron chi connectivity index (χ1n) is 9.56. The van der Waals surface area contributed by atoms with E-state index in [-0.39, 0.29) is 35.7 Å². The lowest BCUT2D eigenvalue weighted by Crippen LogP contribution is -2.36. The number of aromatic nitrogens is 2. The largest absolute Gasteiger partial charge is 0.416 e. The number of amides is 1. The van der Waals surface area contributed by atoms with Crippen LogP contribution < -0.4 is 10.2 Å². The lowest BCUT2D eigenvalue weighted by atomic mass is 10.0. The van der Waals surface area contributed by atoms with Gasteiger partial charge in [-0.25, -0.2) is 0 Å². The molecule has 1 aromatic carbocycles. The second kappa shape index (κ2) is 8.92. The Labute approximate surface area is 175 Å². The number of nitrogens with one attached hydrogen (secondary N) is 1. The summed E-state index contributed by atoms with van der Waals surface area (Å²) in [6.45, 7) is 4.13. The first kappa shape index (κ1) is 22.5. The second-order valence-corrected chi connectivity index (χ2v) is 7.15. The highest BCUT2D eigenvalue weighted by Gasteiger charge is 2.34. The van der Waals surface area contributed by atoms with Gasteiger partial charge in [0.15, 0.2) is 0 Å². The van der Waals surface area contributed by atoms with E-state index in [1.807, 2.05) is 4.90 Å². The Morgan fingerprint density at radius 3 is 2.55 bits per heavy atom. The lowest BCUT2D eigenvalue weighted by Gasteiger charge is -2.29. The van der Waals surface area contributed by atoms with Crippen LogP contribution in [0.1, 0.15) is 22.5 Å². The second-order valence-electron chi connectivity index (χ2n) is 7.15. The topological polar surface area (TPSA) is 103 Å². The Hall–Kier alpha value is -3.15. The number of hydrogen-bond donors (Lipinski definition) is 1. The first-order valence-corrected chi connectivity index (χ1v) is 9.56. The summed E-state index contributed by atoms with van der Waals surface area (Å²) in [5.41, 5.74) is -0.279. The van der Waals surface area contributed by atoms with E-state index < -0.39 is 22.6 Å². The minimum absolute atomic E-state index is 0.0720. The molecule has 2 heterocycles. The highest BCUT2D eigenvalue weighted by Crippen LogP contribution is 2.35. The third-order valence-corrected chi connectivity index (χ3v) is 5.07. The molecular formula is C19H22F3N5O4. The summed E-state index contributed by atoms with van der Waals surface area (Å²) < 4.78 is 47.2. The molecule has 1 fully saturated rings. The average Bonchev–Trinajstić information content (AvgIpc) is 2.99. The number of rotatable bonds is 6. The quantitative estimate of drug-likeness (QED) is 0.546. The third kappa shape index (κ3) is 5.13. The summed E-state index contributed by atoms with van der Waals surface area (Å²) >= 11 is 0. The van der Waals surface area contributed by atoms with Gasteiger partial charge in [-0.2, -0.15) is 18.3 Å². The molecule has 0 saturated carbocycles. The molecule has 1 saturated heterocycles. The summed E-state index contributed by atoms with van der Waals surface area (Å²) in [6, 6.07) is 4.02. The van der Waals surface area contributed by atoms with Crippen LogP contribution in [0.5, 0.6) is 0 Å². The normalized spacial score (nSPS) is 14.5. The number of halogens is 3. The van der Waals surface area contributed by atoms with Crippen LogP contribution >= 0.6 is 0 Å². The number of morpholine rings is 1. The number of nitrogens with zero attached hydrogens (tertiary/aromatic N) is 4. The number of ether oxygens (including phenoxy) is 1. The fourth-order valence-electron chi connectivity index (χ4n) is 3.49. The minimum Gasteiger partial charge on any atom is -0.378 e. The fraction of sp³-hybridized carbons (Fsp3) is 0.474. The number of carbonyl (C=O) groups is 1. The fourth-order valence-corrected chi connectivity index (χ4v) is 3.49. The lowest BCUT2D eigenvalue weighted by molar-refractivity contribution is -0.386. The zero-order valence-corrected chi connectivity index (χ0v) is 17.0. The van der Waals surface area contributed by atoms with E-state index in [0.717, 1.165) is 10.7 Å². The van der Waals surface area contributed by atoms with E-state index in [2.05, 4.69) is 10.4 Å². The van der Waals surface area contributed by atoms with Crippen LogP contribution in [0.3, 0.4) is 0 Å². The van der Waals surface area contributed by atoms with Gasteiger partial charge in [-0.15, -0.1) is 0 Å². The van der Waals surface area contributed by atoms with Gasteiger partial charge in [-0.1, -0.05) is 6.07 Å². The summed E-state index contributed by atoms with van der Waals surface area (Å²) in [4.78, 5) is 24.5. The molecule has 1 aliphatic heterocycles. The van der Waals surface area contributed by atoms with Crippen molar-refractivity contribution in [3.63, 3.8) is 0 Å². The SMILES string of the molecule is Cc1nn(CC(=O)NCc2ccc(N3CCOCC3)cc2C(F)(F)F)c(C)c1[N+](=O)[O-]. The Balaban J connectivity index is 1.72. The molecule has 1 N–H and O–H groups in total. The number of carbonyl (C=O) groups excluding carboxylic acids is 1. The van der Waals surface area contributed by atoms with Crippen molar-refractivity contribution in [2.45, 2.75) is 33.1 Å². The smallest absolute Gasteiger partial charge is 0.378 e. The van der Waals surface area contributed by atoms with Gasteiger partial charge in [-0.05, 0) is 31.5 Å². The summed E-state index contributed by atoms with van der Waals surface area (Å²) in [5.74, 6) is -0.606. The Morgan fingerprint density at radius 1 is 1.29 bits per heavy atom. The molecule has 1 amide bonds.